The van der Waals surface area contributed by atoms with Crippen LogP contribution < -0.4 is 10.5 Å². The van der Waals surface area contributed by atoms with E-state index in [1.807, 2.05) is 4.90 Å². The van der Waals surface area contributed by atoms with E-state index < -0.39 is 10.0 Å². The summed E-state index contributed by atoms with van der Waals surface area (Å²) in [5, 5.41) is 4.18. The maximum atomic E-state index is 13.1. The molecule has 1 aliphatic heterocycles. The van der Waals surface area contributed by atoms with Crippen LogP contribution in [0.2, 0.25) is 0 Å². The zero-order chi connectivity index (χ0) is 21.3. The first-order valence-electron chi connectivity index (χ1n) is 9.11. The average Bonchev–Trinajstić information content (AvgIpc) is 3.27. The van der Waals surface area contributed by atoms with Crippen LogP contribution in [0.4, 0.5) is 11.4 Å². The number of piperazine rings is 1. The van der Waals surface area contributed by atoms with Crippen molar-refractivity contribution in [3.8, 4) is 10.6 Å². The lowest BCUT2D eigenvalue weighted by molar-refractivity contribution is 0.386. The van der Waals surface area contributed by atoms with Crippen LogP contribution in [0.5, 0.6) is 0 Å². The molecule has 3 aromatic heterocycles. The number of hydrogen-bond acceptors (Lipinski definition) is 7. The summed E-state index contributed by atoms with van der Waals surface area (Å²) in [4.78, 5) is 21.8. The Balaban J connectivity index is 1.51. The van der Waals surface area contributed by atoms with Gasteiger partial charge in [-0.3, -0.25) is 9.78 Å². The minimum Gasteiger partial charge on any atom is -0.376 e. The number of pyridine rings is 1. The Hall–Kier alpha value is -3.07. The molecule has 3 aromatic rings. The van der Waals surface area contributed by atoms with Gasteiger partial charge in [-0.05, 0) is 24.3 Å². The van der Waals surface area contributed by atoms with Gasteiger partial charge in [0.15, 0.2) is 0 Å². The predicted octanol–water partition coefficient (Wildman–Crippen LogP) is 1.97. The molecule has 1 fully saturated rings. The topological polar surface area (TPSA) is 92.8 Å². The van der Waals surface area contributed by atoms with Crippen molar-refractivity contribution in [3.63, 3.8) is 0 Å². The van der Waals surface area contributed by atoms with Crippen LogP contribution in [-0.2, 0) is 17.1 Å². The second kappa shape index (κ2) is 7.98. The molecule has 30 heavy (non-hydrogen) atoms. The monoisotopic (exact) mass is 442 g/mol. The predicted molar refractivity (Wildman–Crippen MR) is 114 cm³/mol. The molecule has 0 atom stereocenters. The summed E-state index contributed by atoms with van der Waals surface area (Å²) in [5.41, 5.74) is 1.56. The molecule has 0 aliphatic carbocycles. The number of sulfonamides is 1. The minimum atomic E-state index is -3.64. The highest BCUT2D eigenvalue weighted by molar-refractivity contribution is 7.91. The lowest BCUT2D eigenvalue weighted by Gasteiger charge is -2.35. The second-order valence-electron chi connectivity index (χ2n) is 6.67. The molecule has 154 valence electrons. The Morgan fingerprint density at radius 2 is 1.87 bits per heavy atom. The van der Waals surface area contributed by atoms with Gasteiger partial charge in [0.05, 0.1) is 17.1 Å². The maximum Gasteiger partial charge on any atom is 0.266 e. The van der Waals surface area contributed by atoms with Crippen molar-refractivity contribution < 1.29 is 8.42 Å². The van der Waals surface area contributed by atoms with Gasteiger partial charge in [-0.1, -0.05) is 0 Å². The molecule has 4 heterocycles. The Morgan fingerprint density at radius 1 is 1.10 bits per heavy atom. The molecule has 0 amide bonds. The first-order chi connectivity index (χ1) is 14.4. The molecule has 0 N–H and O–H groups in total. The van der Waals surface area contributed by atoms with E-state index in [1.165, 1.54) is 15.1 Å². The van der Waals surface area contributed by atoms with E-state index in [4.69, 9.17) is 6.57 Å². The quantitative estimate of drug-likeness (QED) is 0.574. The van der Waals surface area contributed by atoms with Crippen molar-refractivity contribution in [3.05, 3.63) is 64.5 Å². The molecule has 0 aromatic carbocycles. The third-order valence-corrected chi connectivity index (χ3v) is 8.34. The Bertz CT molecular complexity index is 1280. The molecule has 1 saturated heterocycles. The number of aryl methyl sites for hydroxylation is 1. The lowest BCUT2D eigenvalue weighted by Crippen LogP contribution is -2.48. The highest BCUT2D eigenvalue weighted by atomic mass is 32.2. The third-order valence-electron chi connectivity index (χ3n) is 4.87. The number of thiophene rings is 1. The van der Waals surface area contributed by atoms with Crippen molar-refractivity contribution in [2.24, 2.45) is 7.05 Å². The van der Waals surface area contributed by atoms with Crippen molar-refractivity contribution >= 4 is 32.7 Å². The highest BCUT2D eigenvalue weighted by Crippen LogP contribution is 2.32. The second-order valence-corrected chi connectivity index (χ2v) is 9.91. The molecule has 0 saturated carbocycles. The average molecular weight is 443 g/mol. The molecule has 11 heteroatoms. The summed E-state index contributed by atoms with van der Waals surface area (Å²) in [6.07, 6.45) is 3.22. The Kier molecular flexibility index (Phi) is 5.38. The minimum absolute atomic E-state index is 0.226. The Labute approximate surface area is 177 Å². The number of anilines is 1. The lowest BCUT2D eigenvalue weighted by atomic mass is 10.2. The molecule has 4 rings (SSSR count). The van der Waals surface area contributed by atoms with Crippen LogP contribution in [0, 0.1) is 6.57 Å². The number of rotatable bonds is 4. The molecule has 0 bridgehead atoms. The summed E-state index contributed by atoms with van der Waals surface area (Å²) < 4.78 is 29.1. The van der Waals surface area contributed by atoms with Crippen LogP contribution in [0.15, 0.2) is 51.7 Å². The molecule has 0 spiro atoms. The summed E-state index contributed by atoms with van der Waals surface area (Å²) in [7, 11) is -2.08. The van der Waals surface area contributed by atoms with Gasteiger partial charge in [-0.15, -0.1) is 11.3 Å². The van der Waals surface area contributed by atoms with Gasteiger partial charge in [-0.2, -0.15) is 9.40 Å². The molecule has 0 radical (unpaired) electrons. The summed E-state index contributed by atoms with van der Waals surface area (Å²) in [6, 6.07) is 7.94. The number of hydrogen-bond donors (Lipinski definition) is 0. The van der Waals surface area contributed by atoms with Crippen LogP contribution in [-0.4, -0.2) is 53.7 Å². The van der Waals surface area contributed by atoms with Gasteiger partial charge in [-0.25, -0.2) is 17.9 Å². The van der Waals surface area contributed by atoms with E-state index in [0.717, 1.165) is 17.0 Å². The van der Waals surface area contributed by atoms with E-state index in [1.54, 1.807) is 43.7 Å². The van der Waals surface area contributed by atoms with Gasteiger partial charge >= 0.3 is 0 Å². The fraction of sp³-hybridized carbons (Fsp3) is 0.263. The SMILES string of the molecule is [C-]#[N+]c1ccncc1N1CCN(S(=O)(=O)c2ccc(-c3ccc(=O)n(C)n3)s2)CC1. The van der Waals surface area contributed by atoms with Crippen LogP contribution in [0.1, 0.15) is 0 Å². The highest BCUT2D eigenvalue weighted by Gasteiger charge is 2.30. The molecular formula is C19H18N6O3S2. The molecular weight excluding hydrogens is 424 g/mol. The van der Waals surface area contributed by atoms with E-state index in [2.05, 4.69) is 14.9 Å². The van der Waals surface area contributed by atoms with E-state index in [9.17, 15) is 13.2 Å². The van der Waals surface area contributed by atoms with Crippen molar-refractivity contribution in [1.29, 1.82) is 0 Å². The fourth-order valence-corrected chi connectivity index (χ4v) is 6.09. The molecule has 1 aliphatic rings. The summed E-state index contributed by atoms with van der Waals surface area (Å²) in [5.74, 6) is 0. The summed E-state index contributed by atoms with van der Waals surface area (Å²) in [6.45, 7) is 8.89. The first-order valence-corrected chi connectivity index (χ1v) is 11.4. The smallest absolute Gasteiger partial charge is 0.266 e. The van der Waals surface area contributed by atoms with E-state index >= 15 is 0 Å². The number of nitrogens with zero attached hydrogens (tertiary/aromatic N) is 6. The van der Waals surface area contributed by atoms with E-state index in [0.29, 0.717) is 42.4 Å². The van der Waals surface area contributed by atoms with Crippen LogP contribution in [0.25, 0.3) is 15.4 Å². The van der Waals surface area contributed by atoms with Gasteiger partial charge < -0.3 is 4.90 Å². The zero-order valence-electron chi connectivity index (χ0n) is 16.1. The molecule has 9 nitrogen and oxygen atoms in total. The van der Waals surface area contributed by atoms with Crippen LogP contribution >= 0.6 is 11.3 Å². The van der Waals surface area contributed by atoms with Crippen molar-refractivity contribution in [2.75, 3.05) is 31.1 Å². The largest absolute Gasteiger partial charge is 0.376 e. The van der Waals surface area contributed by atoms with E-state index in [-0.39, 0.29) is 9.77 Å². The Morgan fingerprint density at radius 3 is 2.57 bits per heavy atom. The standard InChI is InChI=1S/C19H18N6O3S2/c1-20-14-7-8-21-13-16(14)24-9-11-25(12-10-24)30(27,28)19-6-4-17(29-19)15-3-5-18(26)23(2)22-15/h3-8,13H,9-12H2,2H3. The zero-order valence-corrected chi connectivity index (χ0v) is 17.7. The van der Waals surface area contributed by atoms with Crippen molar-refractivity contribution in [2.45, 2.75) is 4.21 Å². The maximum absolute atomic E-state index is 13.1. The third kappa shape index (κ3) is 3.72. The van der Waals surface area contributed by atoms with Crippen LogP contribution in [0.3, 0.4) is 0 Å². The fourth-order valence-electron chi connectivity index (χ4n) is 3.24. The number of aromatic nitrogens is 3. The van der Waals surface area contributed by atoms with Gasteiger partial charge in [0.25, 0.3) is 15.6 Å². The summed E-state index contributed by atoms with van der Waals surface area (Å²) >= 11 is 1.13. The first kappa shape index (κ1) is 20.2. The van der Waals surface area contributed by atoms with Crippen molar-refractivity contribution in [1.82, 2.24) is 19.1 Å². The van der Waals surface area contributed by atoms with Gasteiger partial charge in [0.1, 0.15) is 9.90 Å². The van der Waals surface area contributed by atoms with Gasteiger partial charge in [0, 0.05) is 51.7 Å². The molecule has 0 unspecified atom stereocenters. The normalized spacial score (nSPS) is 15.1. The van der Waals surface area contributed by atoms with Gasteiger partial charge in [0.2, 0.25) is 5.69 Å².